The lowest BCUT2D eigenvalue weighted by Gasteiger charge is -2.09. The molecule has 0 amide bonds. The van der Waals surface area contributed by atoms with Gasteiger partial charge in [-0.25, -0.2) is 9.78 Å². The first kappa shape index (κ1) is 19.6. The molecule has 3 rings (SSSR count). The van der Waals surface area contributed by atoms with Gasteiger partial charge in [0, 0.05) is 0 Å². The van der Waals surface area contributed by atoms with E-state index < -0.39 is 0 Å². The van der Waals surface area contributed by atoms with Gasteiger partial charge in [-0.05, 0) is 37.6 Å². The van der Waals surface area contributed by atoms with E-state index in [2.05, 4.69) is 26.6 Å². The highest BCUT2D eigenvalue weighted by molar-refractivity contribution is 5.89. The van der Waals surface area contributed by atoms with E-state index in [4.69, 9.17) is 9.47 Å². The van der Waals surface area contributed by atoms with Crippen molar-refractivity contribution in [2.24, 2.45) is 0 Å². The lowest BCUT2D eigenvalue weighted by molar-refractivity contribution is 0.0600. The van der Waals surface area contributed by atoms with Crippen LogP contribution >= 0.6 is 0 Å². The van der Waals surface area contributed by atoms with Crippen LogP contribution in [0, 0.1) is 6.92 Å². The van der Waals surface area contributed by atoms with Crippen molar-refractivity contribution >= 4 is 17.1 Å². The Morgan fingerprint density at radius 3 is 2.61 bits per heavy atom. The standard InChI is InChI=1S/C20H24N4O4/c1-4-5-11-28-20-22-14(2)17-18(23-20)24(13-21-17)10-12-27-16-8-6-15(7-9-16)19(25)26-3/h6-9,13H,4-5,10-12H2,1-3H3. The van der Waals surface area contributed by atoms with Crippen LogP contribution in [0.3, 0.4) is 0 Å². The predicted molar refractivity (Wildman–Crippen MR) is 104 cm³/mol. The fourth-order valence-electron chi connectivity index (χ4n) is 2.66. The van der Waals surface area contributed by atoms with Gasteiger partial charge in [0.1, 0.15) is 17.9 Å². The highest BCUT2D eigenvalue weighted by atomic mass is 16.5. The van der Waals surface area contributed by atoms with Gasteiger partial charge >= 0.3 is 12.0 Å². The number of imidazole rings is 1. The monoisotopic (exact) mass is 384 g/mol. The van der Waals surface area contributed by atoms with Crippen LogP contribution < -0.4 is 9.47 Å². The number of hydrogen-bond donors (Lipinski definition) is 0. The van der Waals surface area contributed by atoms with Gasteiger partial charge in [-0.2, -0.15) is 9.97 Å². The second-order valence-corrected chi connectivity index (χ2v) is 6.27. The van der Waals surface area contributed by atoms with E-state index in [9.17, 15) is 4.79 Å². The van der Waals surface area contributed by atoms with Crippen LogP contribution in [0.2, 0.25) is 0 Å². The van der Waals surface area contributed by atoms with Gasteiger partial charge in [0.25, 0.3) is 0 Å². The van der Waals surface area contributed by atoms with Gasteiger partial charge in [-0.3, -0.25) is 0 Å². The van der Waals surface area contributed by atoms with Crippen molar-refractivity contribution in [2.75, 3.05) is 20.3 Å². The molecule has 2 aromatic heterocycles. The number of esters is 1. The maximum Gasteiger partial charge on any atom is 0.337 e. The van der Waals surface area contributed by atoms with Gasteiger partial charge < -0.3 is 18.8 Å². The lowest BCUT2D eigenvalue weighted by atomic mass is 10.2. The summed E-state index contributed by atoms with van der Waals surface area (Å²) >= 11 is 0. The fourth-order valence-corrected chi connectivity index (χ4v) is 2.66. The van der Waals surface area contributed by atoms with Crippen LogP contribution in [0.5, 0.6) is 11.8 Å². The number of fused-ring (bicyclic) bond motifs is 1. The molecular formula is C20H24N4O4. The number of hydrogen-bond acceptors (Lipinski definition) is 7. The summed E-state index contributed by atoms with van der Waals surface area (Å²) in [5.41, 5.74) is 2.75. The molecule has 0 spiro atoms. The molecular weight excluding hydrogens is 360 g/mol. The molecule has 8 nitrogen and oxygen atoms in total. The van der Waals surface area contributed by atoms with Gasteiger partial charge in [0.15, 0.2) is 5.65 Å². The zero-order chi connectivity index (χ0) is 19.9. The Balaban J connectivity index is 1.64. The largest absolute Gasteiger partial charge is 0.492 e. The third-order valence-electron chi connectivity index (χ3n) is 4.22. The summed E-state index contributed by atoms with van der Waals surface area (Å²) in [6.45, 7) is 5.60. The van der Waals surface area contributed by atoms with E-state index >= 15 is 0 Å². The van der Waals surface area contributed by atoms with Crippen LogP contribution in [-0.2, 0) is 11.3 Å². The number of unbranched alkanes of at least 4 members (excludes halogenated alkanes) is 1. The number of rotatable bonds is 9. The Hall–Kier alpha value is -3.16. The molecule has 0 saturated heterocycles. The summed E-state index contributed by atoms with van der Waals surface area (Å²) in [6, 6.07) is 7.20. The molecule has 1 aromatic carbocycles. The topological polar surface area (TPSA) is 88.4 Å². The number of aryl methyl sites for hydroxylation is 1. The van der Waals surface area contributed by atoms with Gasteiger partial charge in [0.2, 0.25) is 0 Å². The van der Waals surface area contributed by atoms with Crippen LogP contribution in [0.25, 0.3) is 11.2 Å². The molecule has 0 unspecified atom stereocenters. The minimum Gasteiger partial charge on any atom is -0.492 e. The molecule has 0 aliphatic carbocycles. The predicted octanol–water partition coefficient (Wildman–Crippen LogP) is 3.18. The second-order valence-electron chi connectivity index (χ2n) is 6.27. The Labute approximate surface area is 163 Å². The molecule has 148 valence electrons. The summed E-state index contributed by atoms with van der Waals surface area (Å²) in [6.07, 6.45) is 3.74. The highest BCUT2D eigenvalue weighted by Crippen LogP contribution is 2.18. The molecule has 8 heteroatoms. The molecule has 0 saturated carbocycles. The SMILES string of the molecule is CCCCOc1nc(C)c2ncn(CCOc3ccc(C(=O)OC)cc3)c2n1. The highest BCUT2D eigenvalue weighted by Gasteiger charge is 2.12. The number of ether oxygens (including phenoxy) is 3. The Morgan fingerprint density at radius 2 is 1.89 bits per heavy atom. The molecule has 28 heavy (non-hydrogen) atoms. The van der Waals surface area contributed by atoms with E-state index in [1.807, 2.05) is 11.5 Å². The minimum atomic E-state index is -0.372. The zero-order valence-corrected chi connectivity index (χ0v) is 16.3. The maximum atomic E-state index is 11.5. The first-order valence-electron chi connectivity index (χ1n) is 9.25. The lowest BCUT2D eigenvalue weighted by Crippen LogP contribution is -2.09. The average Bonchev–Trinajstić information content (AvgIpc) is 3.12. The molecule has 0 aliphatic heterocycles. The van der Waals surface area contributed by atoms with E-state index in [1.165, 1.54) is 7.11 Å². The molecule has 0 radical (unpaired) electrons. The van der Waals surface area contributed by atoms with Crippen molar-refractivity contribution in [2.45, 2.75) is 33.2 Å². The Kier molecular flexibility index (Phi) is 6.41. The van der Waals surface area contributed by atoms with E-state index in [0.717, 1.165) is 29.7 Å². The quantitative estimate of drug-likeness (QED) is 0.413. The average molecular weight is 384 g/mol. The summed E-state index contributed by atoms with van der Waals surface area (Å²) in [7, 11) is 1.35. The van der Waals surface area contributed by atoms with Crippen LogP contribution in [0.1, 0.15) is 35.8 Å². The van der Waals surface area contributed by atoms with Crippen molar-refractivity contribution in [1.29, 1.82) is 0 Å². The summed E-state index contributed by atoms with van der Waals surface area (Å²) in [4.78, 5) is 24.7. The first-order valence-corrected chi connectivity index (χ1v) is 9.25. The number of carbonyl (C=O) groups excluding carboxylic acids is 1. The first-order chi connectivity index (χ1) is 13.6. The summed E-state index contributed by atoms with van der Waals surface area (Å²) in [5.74, 6) is 0.301. The number of carbonyl (C=O) groups is 1. The molecule has 0 atom stereocenters. The Bertz CT molecular complexity index is 937. The van der Waals surface area contributed by atoms with Crippen LogP contribution in [0.4, 0.5) is 0 Å². The molecule has 0 N–H and O–H groups in total. The number of nitrogens with zero attached hydrogens (tertiary/aromatic N) is 4. The van der Waals surface area contributed by atoms with Crippen molar-refractivity contribution in [1.82, 2.24) is 19.5 Å². The normalized spacial score (nSPS) is 10.8. The molecule has 0 fully saturated rings. The van der Waals surface area contributed by atoms with Gasteiger partial charge in [-0.1, -0.05) is 13.3 Å². The van der Waals surface area contributed by atoms with E-state index in [0.29, 0.717) is 37.1 Å². The van der Waals surface area contributed by atoms with E-state index in [-0.39, 0.29) is 5.97 Å². The van der Waals surface area contributed by atoms with Crippen molar-refractivity contribution in [3.63, 3.8) is 0 Å². The fraction of sp³-hybridized carbons (Fsp3) is 0.400. The molecule has 3 aromatic rings. The number of aromatic nitrogens is 4. The smallest absolute Gasteiger partial charge is 0.337 e. The van der Waals surface area contributed by atoms with Crippen molar-refractivity contribution in [3.05, 3.63) is 41.9 Å². The summed E-state index contributed by atoms with van der Waals surface area (Å²) in [5, 5.41) is 0. The van der Waals surface area contributed by atoms with Crippen molar-refractivity contribution < 1.29 is 19.0 Å². The third kappa shape index (κ3) is 4.57. The molecule has 2 heterocycles. The molecule has 0 aliphatic rings. The minimum absolute atomic E-state index is 0.372. The second kappa shape index (κ2) is 9.16. The van der Waals surface area contributed by atoms with Gasteiger partial charge in [-0.15, -0.1) is 0 Å². The third-order valence-corrected chi connectivity index (χ3v) is 4.22. The maximum absolute atomic E-state index is 11.5. The number of benzene rings is 1. The van der Waals surface area contributed by atoms with E-state index in [1.54, 1.807) is 30.6 Å². The van der Waals surface area contributed by atoms with Crippen LogP contribution in [-0.4, -0.2) is 45.8 Å². The zero-order valence-electron chi connectivity index (χ0n) is 16.3. The van der Waals surface area contributed by atoms with Gasteiger partial charge in [0.05, 0.1) is 37.8 Å². The Morgan fingerprint density at radius 1 is 1.11 bits per heavy atom. The summed E-state index contributed by atoms with van der Waals surface area (Å²) < 4.78 is 18.0. The molecule has 0 bridgehead atoms. The van der Waals surface area contributed by atoms with Crippen LogP contribution in [0.15, 0.2) is 30.6 Å². The van der Waals surface area contributed by atoms with Crippen molar-refractivity contribution in [3.8, 4) is 11.8 Å². The number of methoxy groups -OCH3 is 1.